The molecule has 0 aliphatic heterocycles. The Bertz CT molecular complexity index is 599. The number of nitrogens with one attached hydrogen (secondary N) is 1. The Morgan fingerprint density at radius 2 is 2.00 bits per heavy atom. The van der Waals surface area contributed by atoms with Crippen molar-refractivity contribution in [1.82, 2.24) is 14.8 Å². The molecule has 0 fully saturated rings. The summed E-state index contributed by atoms with van der Waals surface area (Å²) < 4.78 is 51.8. The highest BCUT2D eigenvalue weighted by molar-refractivity contribution is 7.71. The summed E-state index contributed by atoms with van der Waals surface area (Å²) in [5.41, 5.74) is -1.24. The molecule has 0 saturated heterocycles. The minimum atomic E-state index is -4.74. The van der Waals surface area contributed by atoms with Crippen LogP contribution in [0.1, 0.15) is 5.56 Å². The molecule has 2 aromatic rings. The zero-order chi connectivity index (χ0) is 12.6. The number of aromatic amines is 1. The second-order valence-electron chi connectivity index (χ2n) is 3.19. The lowest BCUT2D eigenvalue weighted by molar-refractivity contribution is -0.140. The van der Waals surface area contributed by atoms with E-state index in [0.29, 0.717) is 6.07 Å². The smallest absolute Gasteiger partial charge is 0.275 e. The Hall–Kier alpha value is -1.70. The first kappa shape index (κ1) is 11.8. The normalized spacial score (nSPS) is 11.8. The molecule has 0 amide bonds. The molecule has 0 aliphatic carbocycles. The van der Waals surface area contributed by atoms with Crippen LogP contribution in [-0.4, -0.2) is 14.8 Å². The van der Waals surface area contributed by atoms with E-state index in [1.165, 1.54) is 17.0 Å². The van der Waals surface area contributed by atoms with Gasteiger partial charge < -0.3 is 0 Å². The Morgan fingerprint density at radius 3 is 2.53 bits per heavy atom. The van der Waals surface area contributed by atoms with E-state index in [1.54, 1.807) is 0 Å². The minimum Gasteiger partial charge on any atom is -0.275 e. The number of hydrogen-bond donors (Lipinski definition) is 1. The molecule has 0 spiro atoms. The SMILES string of the molecule is Fc1ccc(-n2cn[nH]c2=S)cc1C(F)(F)F. The lowest BCUT2D eigenvalue weighted by Crippen LogP contribution is -2.09. The largest absolute Gasteiger partial charge is 0.419 e. The van der Waals surface area contributed by atoms with Crippen molar-refractivity contribution in [3.63, 3.8) is 0 Å². The highest BCUT2D eigenvalue weighted by Crippen LogP contribution is 2.32. The van der Waals surface area contributed by atoms with Gasteiger partial charge in [0.05, 0.1) is 11.3 Å². The van der Waals surface area contributed by atoms with Crippen molar-refractivity contribution in [2.75, 3.05) is 0 Å². The lowest BCUT2D eigenvalue weighted by Gasteiger charge is -2.10. The highest BCUT2D eigenvalue weighted by atomic mass is 32.1. The molecule has 3 nitrogen and oxygen atoms in total. The molecule has 0 unspecified atom stereocenters. The molecule has 1 aromatic heterocycles. The van der Waals surface area contributed by atoms with E-state index >= 15 is 0 Å². The summed E-state index contributed by atoms with van der Waals surface area (Å²) >= 11 is 4.81. The van der Waals surface area contributed by atoms with E-state index in [0.717, 1.165) is 6.07 Å². The van der Waals surface area contributed by atoms with Crippen molar-refractivity contribution in [2.45, 2.75) is 6.18 Å². The third-order valence-corrected chi connectivity index (χ3v) is 2.37. The van der Waals surface area contributed by atoms with Gasteiger partial charge in [-0.2, -0.15) is 18.3 Å². The van der Waals surface area contributed by atoms with Crippen LogP contribution in [0.2, 0.25) is 0 Å². The lowest BCUT2D eigenvalue weighted by atomic mass is 10.2. The van der Waals surface area contributed by atoms with Crippen molar-refractivity contribution < 1.29 is 17.6 Å². The molecule has 0 atom stereocenters. The molecule has 0 saturated carbocycles. The molecule has 2 rings (SSSR count). The summed E-state index contributed by atoms with van der Waals surface area (Å²) in [5.74, 6) is -1.32. The van der Waals surface area contributed by atoms with Crippen LogP contribution in [0.5, 0.6) is 0 Å². The standard InChI is InChI=1S/C9H5F4N3S/c10-7-2-1-5(3-6(7)9(11,12)13)16-4-14-15-8(16)17/h1-4H,(H,15,17). The molecule has 8 heteroatoms. The Morgan fingerprint density at radius 1 is 1.29 bits per heavy atom. The van der Waals surface area contributed by atoms with Crippen LogP contribution in [-0.2, 0) is 6.18 Å². The second kappa shape index (κ2) is 3.95. The molecule has 1 aromatic carbocycles. The monoisotopic (exact) mass is 263 g/mol. The third kappa shape index (κ3) is 2.21. The quantitative estimate of drug-likeness (QED) is 0.633. The first-order valence-electron chi connectivity index (χ1n) is 4.39. The molecule has 1 heterocycles. The average Bonchev–Trinajstić information content (AvgIpc) is 2.63. The number of nitrogens with zero attached hydrogens (tertiary/aromatic N) is 2. The number of halogens is 4. The molecule has 1 N–H and O–H groups in total. The van der Waals surface area contributed by atoms with Crippen LogP contribution < -0.4 is 0 Å². The predicted octanol–water partition coefficient (Wildman–Crippen LogP) is 3.09. The van der Waals surface area contributed by atoms with E-state index in [-0.39, 0.29) is 10.5 Å². The van der Waals surface area contributed by atoms with Gasteiger partial charge in [-0.25, -0.2) is 4.39 Å². The van der Waals surface area contributed by atoms with Crippen molar-refractivity contribution >= 4 is 12.2 Å². The Labute approximate surface area is 97.7 Å². The fourth-order valence-electron chi connectivity index (χ4n) is 1.31. The van der Waals surface area contributed by atoms with E-state index in [4.69, 9.17) is 12.2 Å². The Balaban J connectivity index is 2.60. The molecule has 17 heavy (non-hydrogen) atoms. The van der Waals surface area contributed by atoms with Crippen LogP contribution in [0, 0.1) is 10.6 Å². The number of H-pyrrole nitrogens is 1. The number of hydrogen-bond acceptors (Lipinski definition) is 2. The molecular weight excluding hydrogens is 258 g/mol. The third-order valence-electron chi connectivity index (χ3n) is 2.09. The fraction of sp³-hybridized carbons (Fsp3) is 0.111. The number of benzene rings is 1. The minimum absolute atomic E-state index is 0.0949. The van der Waals surface area contributed by atoms with Gasteiger partial charge in [0.2, 0.25) is 0 Å². The van der Waals surface area contributed by atoms with Crippen LogP contribution in [0.25, 0.3) is 5.69 Å². The molecule has 90 valence electrons. The van der Waals surface area contributed by atoms with Gasteiger partial charge in [-0.05, 0) is 30.4 Å². The van der Waals surface area contributed by atoms with E-state index in [2.05, 4.69) is 10.2 Å². The summed E-state index contributed by atoms with van der Waals surface area (Å²) in [6.45, 7) is 0. The van der Waals surface area contributed by atoms with Gasteiger partial charge in [0.15, 0.2) is 4.77 Å². The van der Waals surface area contributed by atoms with Gasteiger partial charge in [-0.3, -0.25) is 9.67 Å². The Kier molecular flexibility index (Phi) is 2.74. The summed E-state index contributed by atoms with van der Waals surface area (Å²) in [5, 5.41) is 5.96. The van der Waals surface area contributed by atoms with Gasteiger partial charge in [0.1, 0.15) is 12.1 Å². The summed E-state index contributed by atoms with van der Waals surface area (Å²) in [7, 11) is 0. The van der Waals surface area contributed by atoms with Crippen LogP contribution in [0.3, 0.4) is 0 Å². The number of aromatic nitrogens is 3. The van der Waals surface area contributed by atoms with Crippen LogP contribution in [0.15, 0.2) is 24.5 Å². The highest BCUT2D eigenvalue weighted by Gasteiger charge is 2.34. The first-order valence-corrected chi connectivity index (χ1v) is 4.79. The van der Waals surface area contributed by atoms with Crippen molar-refractivity contribution in [1.29, 1.82) is 0 Å². The summed E-state index contributed by atoms with van der Waals surface area (Å²) in [6.07, 6.45) is -3.53. The average molecular weight is 263 g/mol. The van der Waals surface area contributed by atoms with E-state index in [1.807, 2.05) is 0 Å². The fourth-order valence-corrected chi connectivity index (χ4v) is 1.52. The second-order valence-corrected chi connectivity index (χ2v) is 3.58. The maximum absolute atomic E-state index is 13.0. The van der Waals surface area contributed by atoms with Crippen molar-refractivity contribution in [3.8, 4) is 5.69 Å². The van der Waals surface area contributed by atoms with Crippen LogP contribution >= 0.6 is 12.2 Å². The first-order chi connectivity index (χ1) is 7.89. The molecule has 0 aliphatic rings. The maximum Gasteiger partial charge on any atom is 0.419 e. The maximum atomic E-state index is 13.0. The van der Waals surface area contributed by atoms with Crippen LogP contribution in [0.4, 0.5) is 17.6 Å². The van der Waals surface area contributed by atoms with Gasteiger partial charge in [0, 0.05) is 0 Å². The topological polar surface area (TPSA) is 33.6 Å². The zero-order valence-corrected chi connectivity index (χ0v) is 8.94. The van der Waals surface area contributed by atoms with Gasteiger partial charge >= 0.3 is 6.18 Å². The zero-order valence-electron chi connectivity index (χ0n) is 8.12. The van der Waals surface area contributed by atoms with Gasteiger partial charge in [0.25, 0.3) is 0 Å². The number of rotatable bonds is 1. The van der Waals surface area contributed by atoms with E-state index in [9.17, 15) is 17.6 Å². The van der Waals surface area contributed by atoms with Gasteiger partial charge in [-0.1, -0.05) is 0 Å². The summed E-state index contributed by atoms with van der Waals surface area (Å²) in [4.78, 5) is 0. The predicted molar refractivity (Wildman–Crippen MR) is 53.7 cm³/mol. The van der Waals surface area contributed by atoms with Gasteiger partial charge in [-0.15, -0.1) is 0 Å². The molecule has 0 bridgehead atoms. The molecule has 0 radical (unpaired) electrons. The summed E-state index contributed by atoms with van der Waals surface area (Å²) in [6, 6.07) is 2.61. The van der Waals surface area contributed by atoms with E-state index < -0.39 is 17.6 Å². The van der Waals surface area contributed by atoms with Crippen molar-refractivity contribution in [3.05, 3.63) is 40.7 Å². The van der Waals surface area contributed by atoms with Crippen molar-refractivity contribution in [2.24, 2.45) is 0 Å². The molecular formula is C9H5F4N3S. The number of alkyl halides is 3.